The summed E-state index contributed by atoms with van der Waals surface area (Å²) in [6, 6.07) is -0.163. The van der Waals surface area contributed by atoms with Gasteiger partial charge in [0, 0.05) is 18.4 Å². The predicted molar refractivity (Wildman–Crippen MR) is 68.9 cm³/mol. The molecule has 4 nitrogen and oxygen atoms in total. The van der Waals surface area contributed by atoms with Crippen LogP contribution in [0.2, 0.25) is 0 Å². The van der Waals surface area contributed by atoms with Crippen LogP contribution in [0.3, 0.4) is 0 Å². The van der Waals surface area contributed by atoms with Crippen molar-refractivity contribution < 1.29 is 9.59 Å². The van der Waals surface area contributed by atoms with Crippen LogP contribution >= 0.6 is 15.9 Å². The zero-order valence-corrected chi connectivity index (χ0v) is 11.8. The maximum Gasteiger partial charge on any atom is 0.245 e. The van der Waals surface area contributed by atoms with Gasteiger partial charge in [0.25, 0.3) is 0 Å². The highest BCUT2D eigenvalue weighted by molar-refractivity contribution is 9.09. The molecule has 2 aliphatic rings. The molecule has 17 heavy (non-hydrogen) atoms. The molecular weight excluding hydrogens is 284 g/mol. The van der Waals surface area contributed by atoms with Gasteiger partial charge in [0.05, 0.1) is 6.54 Å². The lowest BCUT2D eigenvalue weighted by atomic mass is 10.1. The summed E-state index contributed by atoms with van der Waals surface area (Å²) in [5, 5.41) is 0.885. The van der Waals surface area contributed by atoms with Crippen LogP contribution in [0.15, 0.2) is 0 Å². The van der Waals surface area contributed by atoms with Gasteiger partial charge < -0.3 is 9.80 Å². The van der Waals surface area contributed by atoms with Crippen LogP contribution in [0.4, 0.5) is 0 Å². The molecule has 2 amide bonds. The van der Waals surface area contributed by atoms with Gasteiger partial charge in [0.2, 0.25) is 11.8 Å². The summed E-state index contributed by atoms with van der Waals surface area (Å²) in [6.07, 6.45) is 2.83. The summed E-state index contributed by atoms with van der Waals surface area (Å²) >= 11 is 3.46. The molecule has 2 atom stereocenters. The summed E-state index contributed by atoms with van der Waals surface area (Å²) in [7, 11) is 0. The number of alkyl halides is 1. The number of halogens is 1. The first kappa shape index (κ1) is 12.9. The number of fused-ring (bicyclic) bond motifs is 1. The number of piperazine rings is 1. The Balaban J connectivity index is 2.04. The first-order chi connectivity index (χ1) is 8.17. The second-order valence-corrected chi connectivity index (χ2v) is 5.54. The summed E-state index contributed by atoms with van der Waals surface area (Å²) < 4.78 is 0. The third-order valence-corrected chi connectivity index (χ3v) is 4.69. The Labute approximate surface area is 110 Å². The molecule has 0 aliphatic carbocycles. The molecule has 2 fully saturated rings. The second kappa shape index (κ2) is 5.38. The molecular formula is C12H19BrN2O2. The van der Waals surface area contributed by atoms with Crippen LogP contribution in [-0.2, 0) is 9.59 Å². The highest BCUT2D eigenvalue weighted by Crippen LogP contribution is 2.24. The molecule has 0 aromatic heterocycles. The summed E-state index contributed by atoms with van der Waals surface area (Å²) in [4.78, 5) is 27.7. The molecule has 5 heteroatoms. The lowest BCUT2D eigenvalue weighted by Crippen LogP contribution is -2.58. The smallest absolute Gasteiger partial charge is 0.245 e. The van der Waals surface area contributed by atoms with Gasteiger partial charge in [-0.3, -0.25) is 9.59 Å². The van der Waals surface area contributed by atoms with Crippen LogP contribution in [0, 0.1) is 5.92 Å². The van der Waals surface area contributed by atoms with Crippen molar-refractivity contribution in [2.24, 2.45) is 5.92 Å². The van der Waals surface area contributed by atoms with Gasteiger partial charge in [-0.05, 0) is 18.8 Å². The van der Waals surface area contributed by atoms with Crippen LogP contribution in [0.5, 0.6) is 0 Å². The summed E-state index contributed by atoms with van der Waals surface area (Å²) in [6.45, 7) is 3.86. The molecule has 2 aliphatic heterocycles. The molecule has 0 aromatic rings. The Hall–Kier alpha value is -0.580. The minimum absolute atomic E-state index is 0.122. The van der Waals surface area contributed by atoms with Gasteiger partial charge in [-0.15, -0.1) is 0 Å². The maximum atomic E-state index is 12.2. The molecule has 0 spiro atoms. The lowest BCUT2D eigenvalue weighted by Gasteiger charge is -2.37. The molecule has 96 valence electrons. The van der Waals surface area contributed by atoms with Crippen molar-refractivity contribution >= 4 is 27.7 Å². The first-order valence-electron chi connectivity index (χ1n) is 6.31. The summed E-state index contributed by atoms with van der Waals surface area (Å²) in [5.74, 6) is 0.720. The zero-order valence-electron chi connectivity index (χ0n) is 10.2. The Morgan fingerprint density at radius 3 is 2.88 bits per heavy atom. The fourth-order valence-corrected chi connectivity index (χ4v) is 3.28. The van der Waals surface area contributed by atoms with Crippen molar-refractivity contribution in [3.8, 4) is 0 Å². The molecule has 2 unspecified atom stereocenters. The molecule has 0 bridgehead atoms. The Kier molecular flexibility index (Phi) is 4.07. The Morgan fingerprint density at radius 2 is 2.24 bits per heavy atom. The van der Waals surface area contributed by atoms with E-state index in [1.807, 2.05) is 0 Å². The fourth-order valence-electron chi connectivity index (χ4n) is 2.62. The van der Waals surface area contributed by atoms with E-state index in [1.165, 1.54) is 0 Å². The highest BCUT2D eigenvalue weighted by atomic mass is 79.9. The largest absolute Gasteiger partial charge is 0.331 e. The lowest BCUT2D eigenvalue weighted by molar-refractivity contribution is -0.154. The Bertz CT molecular complexity index is 318. The van der Waals surface area contributed by atoms with Crippen molar-refractivity contribution in [3.05, 3.63) is 0 Å². The minimum atomic E-state index is -0.163. The van der Waals surface area contributed by atoms with Gasteiger partial charge >= 0.3 is 0 Å². The van der Waals surface area contributed by atoms with Crippen LogP contribution in [0.25, 0.3) is 0 Å². The van der Waals surface area contributed by atoms with Crippen molar-refractivity contribution in [1.29, 1.82) is 0 Å². The molecule has 2 saturated heterocycles. The van der Waals surface area contributed by atoms with E-state index >= 15 is 0 Å². The van der Waals surface area contributed by atoms with Crippen LogP contribution < -0.4 is 0 Å². The van der Waals surface area contributed by atoms with Crippen LogP contribution in [-0.4, -0.2) is 52.6 Å². The standard InChI is InChI=1S/C12H19BrN2O2/c1-2-9(6-13)7-14-8-11(16)15-5-3-4-10(15)12(14)17/h9-10H,2-8H2,1H3. The summed E-state index contributed by atoms with van der Waals surface area (Å²) in [5.41, 5.74) is 0. The first-order valence-corrected chi connectivity index (χ1v) is 7.43. The zero-order chi connectivity index (χ0) is 12.4. The van der Waals surface area contributed by atoms with Crippen molar-refractivity contribution in [3.63, 3.8) is 0 Å². The van der Waals surface area contributed by atoms with E-state index in [4.69, 9.17) is 0 Å². The predicted octanol–water partition coefficient (Wildman–Crippen LogP) is 1.24. The number of hydrogen-bond donors (Lipinski definition) is 0. The van der Waals surface area contributed by atoms with Gasteiger partial charge in [0.15, 0.2) is 0 Å². The van der Waals surface area contributed by atoms with E-state index in [2.05, 4.69) is 22.9 Å². The average molecular weight is 303 g/mol. The van der Waals surface area contributed by atoms with Gasteiger partial charge in [-0.1, -0.05) is 29.3 Å². The quantitative estimate of drug-likeness (QED) is 0.733. The molecule has 0 radical (unpaired) electrons. The fraction of sp³-hybridized carbons (Fsp3) is 0.833. The SMILES string of the molecule is CCC(CBr)CN1CC(=O)N2CCCC2C1=O. The number of hydrogen-bond acceptors (Lipinski definition) is 2. The number of rotatable bonds is 4. The van der Waals surface area contributed by atoms with Gasteiger partial charge in [-0.2, -0.15) is 0 Å². The van der Waals surface area contributed by atoms with E-state index in [-0.39, 0.29) is 24.4 Å². The van der Waals surface area contributed by atoms with Crippen molar-refractivity contribution in [1.82, 2.24) is 9.80 Å². The highest BCUT2D eigenvalue weighted by Gasteiger charge is 2.41. The van der Waals surface area contributed by atoms with E-state index in [0.29, 0.717) is 12.5 Å². The van der Waals surface area contributed by atoms with Gasteiger partial charge in [0.1, 0.15) is 6.04 Å². The number of carbonyl (C=O) groups excluding carboxylic acids is 2. The maximum absolute atomic E-state index is 12.2. The van der Waals surface area contributed by atoms with Crippen molar-refractivity contribution in [2.75, 3.05) is 25.0 Å². The third kappa shape index (κ3) is 2.49. The third-order valence-electron chi connectivity index (χ3n) is 3.77. The molecule has 2 heterocycles. The monoisotopic (exact) mass is 302 g/mol. The van der Waals surface area contributed by atoms with E-state index in [0.717, 1.165) is 31.1 Å². The number of nitrogens with zero attached hydrogens (tertiary/aromatic N) is 2. The number of amides is 2. The van der Waals surface area contributed by atoms with E-state index < -0.39 is 0 Å². The molecule has 0 aromatic carbocycles. The van der Waals surface area contributed by atoms with E-state index in [9.17, 15) is 9.59 Å². The normalized spacial score (nSPS) is 26.4. The molecule has 2 rings (SSSR count). The van der Waals surface area contributed by atoms with E-state index in [1.54, 1.807) is 9.80 Å². The van der Waals surface area contributed by atoms with Crippen LogP contribution in [0.1, 0.15) is 26.2 Å². The minimum Gasteiger partial charge on any atom is -0.331 e. The number of carbonyl (C=O) groups is 2. The molecule has 0 N–H and O–H groups in total. The van der Waals surface area contributed by atoms with Crippen molar-refractivity contribution in [2.45, 2.75) is 32.2 Å². The average Bonchev–Trinajstić information content (AvgIpc) is 2.81. The Morgan fingerprint density at radius 1 is 1.47 bits per heavy atom. The molecule has 0 saturated carbocycles. The second-order valence-electron chi connectivity index (χ2n) is 4.89. The topological polar surface area (TPSA) is 40.6 Å². The van der Waals surface area contributed by atoms with Gasteiger partial charge in [-0.25, -0.2) is 0 Å².